The van der Waals surface area contributed by atoms with Crippen LogP contribution in [0.25, 0.3) is 0 Å². The molecule has 0 radical (unpaired) electrons. The van der Waals surface area contributed by atoms with E-state index in [9.17, 15) is 4.79 Å². The van der Waals surface area contributed by atoms with Gasteiger partial charge in [-0.1, -0.05) is 30.3 Å². The molecule has 1 N–H and O–H groups in total. The van der Waals surface area contributed by atoms with Gasteiger partial charge in [0.25, 0.3) is 0 Å². The van der Waals surface area contributed by atoms with Crippen LogP contribution in [0, 0.1) is 11.3 Å². The van der Waals surface area contributed by atoms with Crippen molar-refractivity contribution in [1.82, 2.24) is 10.2 Å². The van der Waals surface area contributed by atoms with Crippen molar-refractivity contribution < 1.29 is 9.53 Å². The fourth-order valence-electron chi connectivity index (χ4n) is 2.94. The molecule has 3 atom stereocenters. The Morgan fingerprint density at radius 3 is 3.00 bits per heavy atom. The molecule has 0 aromatic heterocycles. The van der Waals surface area contributed by atoms with E-state index in [1.165, 1.54) is 0 Å². The molecule has 3 rings (SSSR count). The van der Waals surface area contributed by atoms with Crippen LogP contribution in [0.1, 0.15) is 18.4 Å². The SMILES string of the molecule is N#C[C@@H]1CS[C@H]2CC[C@H](NC(=O)OCc3ccccc3)CN12. The summed E-state index contributed by atoms with van der Waals surface area (Å²) in [5.74, 6) is 0.867. The van der Waals surface area contributed by atoms with Gasteiger partial charge in [-0.05, 0) is 18.4 Å². The van der Waals surface area contributed by atoms with Gasteiger partial charge in [0.15, 0.2) is 0 Å². The topological polar surface area (TPSA) is 65.4 Å². The van der Waals surface area contributed by atoms with Gasteiger partial charge in [0.2, 0.25) is 0 Å². The maximum absolute atomic E-state index is 11.9. The summed E-state index contributed by atoms with van der Waals surface area (Å²) >= 11 is 1.85. The minimum absolute atomic E-state index is 0.0278. The number of carbonyl (C=O) groups is 1. The molecule has 116 valence electrons. The molecule has 0 spiro atoms. The number of rotatable bonds is 3. The number of thioether (sulfide) groups is 1. The molecule has 2 fully saturated rings. The maximum Gasteiger partial charge on any atom is 0.407 e. The maximum atomic E-state index is 11.9. The van der Waals surface area contributed by atoms with Crippen LogP contribution in [0.3, 0.4) is 0 Å². The Morgan fingerprint density at radius 2 is 2.23 bits per heavy atom. The van der Waals surface area contributed by atoms with E-state index in [2.05, 4.69) is 16.3 Å². The van der Waals surface area contributed by atoms with Crippen LogP contribution in [0.5, 0.6) is 0 Å². The van der Waals surface area contributed by atoms with E-state index in [1.54, 1.807) is 0 Å². The Bertz CT molecular complexity index is 560. The number of hydrogen-bond donors (Lipinski definition) is 1. The van der Waals surface area contributed by atoms with Crippen molar-refractivity contribution in [2.45, 2.75) is 36.9 Å². The van der Waals surface area contributed by atoms with Gasteiger partial charge in [-0.25, -0.2) is 4.79 Å². The van der Waals surface area contributed by atoms with E-state index in [0.717, 1.165) is 30.7 Å². The van der Waals surface area contributed by atoms with Crippen LogP contribution in [-0.4, -0.2) is 40.7 Å². The van der Waals surface area contributed by atoms with Gasteiger partial charge >= 0.3 is 6.09 Å². The Labute approximate surface area is 134 Å². The first-order valence-corrected chi connectivity index (χ1v) is 8.55. The van der Waals surface area contributed by atoms with Crippen molar-refractivity contribution in [3.8, 4) is 6.07 Å². The summed E-state index contributed by atoms with van der Waals surface area (Å²) < 4.78 is 5.26. The number of nitrogens with one attached hydrogen (secondary N) is 1. The lowest BCUT2D eigenvalue weighted by Crippen LogP contribution is -2.51. The zero-order valence-electron chi connectivity index (χ0n) is 12.3. The number of ether oxygens (including phenoxy) is 1. The summed E-state index contributed by atoms with van der Waals surface area (Å²) in [7, 11) is 0. The first kappa shape index (κ1) is 15.2. The number of amides is 1. The van der Waals surface area contributed by atoms with E-state index >= 15 is 0 Å². The summed E-state index contributed by atoms with van der Waals surface area (Å²) in [4.78, 5) is 14.1. The molecule has 2 saturated heterocycles. The van der Waals surface area contributed by atoms with Crippen molar-refractivity contribution >= 4 is 17.9 Å². The summed E-state index contributed by atoms with van der Waals surface area (Å²) in [6.07, 6.45) is 1.56. The van der Waals surface area contributed by atoms with Crippen molar-refractivity contribution in [2.24, 2.45) is 0 Å². The van der Waals surface area contributed by atoms with Crippen molar-refractivity contribution in [2.75, 3.05) is 12.3 Å². The van der Waals surface area contributed by atoms with E-state index in [1.807, 2.05) is 42.1 Å². The van der Waals surface area contributed by atoms with Gasteiger partial charge in [-0.2, -0.15) is 5.26 Å². The number of piperidine rings is 1. The fraction of sp³-hybridized carbons (Fsp3) is 0.500. The monoisotopic (exact) mass is 317 g/mol. The third-order valence-corrected chi connectivity index (χ3v) is 5.49. The third kappa shape index (κ3) is 3.54. The number of nitrogens with zero attached hydrogens (tertiary/aromatic N) is 2. The number of hydrogen-bond acceptors (Lipinski definition) is 5. The predicted molar refractivity (Wildman–Crippen MR) is 85.1 cm³/mol. The number of nitriles is 1. The van der Waals surface area contributed by atoms with E-state index in [0.29, 0.717) is 5.37 Å². The molecule has 0 unspecified atom stereocenters. The highest BCUT2D eigenvalue weighted by molar-refractivity contribution is 8.00. The number of alkyl carbamates (subject to hydrolysis) is 1. The van der Waals surface area contributed by atoms with Gasteiger partial charge in [0.1, 0.15) is 12.6 Å². The quantitative estimate of drug-likeness (QED) is 0.927. The second-order valence-electron chi connectivity index (χ2n) is 5.61. The smallest absolute Gasteiger partial charge is 0.407 e. The molecule has 6 heteroatoms. The molecule has 1 aromatic rings. The van der Waals surface area contributed by atoms with E-state index in [4.69, 9.17) is 10.00 Å². The average Bonchev–Trinajstić information content (AvgIpc) is 2.96. The lowest BCUT2D eigenvalue weighted by Gasteiger charge is -2.35. The van der Waals surface area contributed by atoms with Gasteiger partial charge < -0.3 is 10.1 Å². The van der Waals surface area contributed by atoms with Crippen LogP contribution < -0.4 is 5.32 Å². The Balaban J connectivity index is 1.47. The van der Waals surface area contributed by atoms with Gasteiger partial charge in [-0.15, -0.1) is 11.8 Å². The average molecular weight is 317 g/mol. The van der Waals surface area contributed by atoms with Crippen LogP contribution in [-0.2, 0) is 11.3 Å². The van der Waals surface area contributed by atoms with Crippen LogP contribution in [0.4, 0.5) is 4.79 Å². The van der Waals surface area contributed by atoms with Crippen molar-refractivity contribution in [3.05, 3.63) is 35.9 Å². The molecule has 2 aliphatic rings. The molecule has 1 aromatic carbocycles. The van der Waals surface area contributed by atoms with Gasteiger partial charge in [0.05, 0.1) is 11.4 Å². The lowest BCUT2D eigenvalue weighted by molar-refractivity contribution is 0.119. The Hall–Kier alpha value is -1.71. The molecular formula is C16H19N3O2S. The molecule has 1 amide bonds. The van der Waals surface area contributed by atoms with Crippen LogP contribution in [0.15, 0.2) is 30.3 Å². The normalized spacial score (nSPS) is 27.7. The Morgan fingerprint density at radius 1 is 1.41 bits per heavy atom. The number of carbonyl (C=O) groups excluding carboxylic acids is 1. The van der Waals surface area contributed by atoms with Gasteiger partial charge in [-0.3, -0.25) is 4.90 Å². The minimum atomic E-state index is -0.382. The summed E-state index contributed by atoms with van der Waals surface area (Å²) in [6, 6.07) is 12.0. The highest BCUT2D eigenvalue weighted by atomic mass is 32.2. The molecule has 2 heterocycles. The molecule has 0 bridgehead atoms. The zero-order chi connectivity index (χ0) is 15.4. The van der Waals surface area contributed by atoms with Crippen molar-refractivity contribution in [1.29, 1.82) is 5.26 Å². The molecule has 2 aliphatic heterocycles. The molecule has 22 heavy (non-hydrogen) atoms. The lowest BCUT2D eigenvalue weighted by atomic mass is 10.0. The molecule has 5 nitrogen and oxygen atoms in total. The predicted octanol–water partition coefficient (Wildman–Crippen LogP) is 2.34. The van der Waals surface area contributed by atoms with Crippen molar-refractivity contribution in [3.63, 3.8) is 0 Å². The molecule has 0 aliphatic carbocycles. The fourth-order valence-corrected chi connectivity index (χ4v) is 4.34. The first-order valence-electron chi connectivity index (χ1n) is 7.50. The minimum Gasteiger partial charge on any atom is -0.445 e. The Kier molecular flexibility index (Phi) is 4.86. The standard InChI is InChI=1S/C16H19N3O2S/c17-8-14-11-22-15-7-6-13(9-19(14)15)18-16(20)21-10-12-4-2-1-3-5-12/h1-5,13-15H,6-7,9-11H2,(H,18,20)/t13-,14+,15-/m0/s1. The van der Waals surface area contributed by atoms with Crippen LogP contribution in [0.2, 0.25) is 0 Å². The molecule has 0 saturated carbocycles. The summed E-state index contributed by atoms with van der Waals surface area (Å²) in [5, 5.41) is 12.5. The second kappa shape index (κ2) is 7.03. The van der Waals surface area contributed by atoms with Crippen LogP contribution >= 0.6 is 11.8 Å². The van der Waals surface area contributed by atoms with E-state index < -0.39 is 0 Å². The highest BCUT2D eigenvalue weighted by Gasteiger charge is 2.39. The second-order valence-corrected chi connectivity index (χ2v) is 6.82. The zero-order valence-corrected chi connectivity index (χ0v) is 13.1. The third-order valence-electron chi connectivity index (χ3n) is 4.09. The van der Waals surface area contributed by atoms with Gasteiger partial charge in [0, 0.05) is 18.3 Å². The molecular weight excluding hydrogens is 298 g/mol. The number of benzene rings is 1. The van der Waals surface area contributed by atoms with E-state index in [-0.39, 0.29) is 24.8 Å². The number of fused-ring (bicyclic) bond motifs is 1. The first-order chi connectivity index (χ1) is 10.8. The summed E-state index contributed by atoms with van der Waals surface area (Å²) in [5.41, 5.74) is 0.974. The highest BCUT2D eigenvalue weighted by Crippen LogP contribution is 2.35. The summed E-state index contributed by atoms with van der Waals surface area (Å²) in [6.45, 7) is 1.01. The largest absolute Gasteiger partial charge is 0.445 e.